The summed E-state index contributed by atoms with van der Waals surface area (Å²) in [6.07, 6.45) is 0. The van der Waals surface area contributed by atoms with E-state index in [0.717, 1.165) is 0 Å². The highest BCUT2D eigenvalue weighted by Crippen LogP contribution is 1.85. The predicted octanol–water partition coefficient (Wildman–Crippen LogP) is -0.167. The molecule has 4 heteroatoms. The molecule has 0 aliphatic rings. The maximum Gasteiger partial charge on any atom is 0.0188 e. The van der Waals surface area contributed by atoms with E-state index in [-0.39, 0.29) is 0 Å². The van der Waals surface area contributed by atoms with Gasteiger partial charge in [0.2, 0.25) is 0 Å². The Morgan fingerprint density at radius 1 is 2.00 bits per heavy atom. The van der Waals surface area contributed by atoms with Gasteiger partial charge in [0.05, 0.1) is 0 Å². The van der Waals surface area contributed by atoms with Gasteiger partial charge in [0.1, 0.15) is 0 Å². The lowest BCUT2D eigenvalue weighted by Gasteiger charge is -1.76. The molecule has 0 rings (SSSR count). The van der Waals surface area contributed by atoms with Crippen molar-refractivity contribution in [2.75, 3.05) is 0 Å². The van der Waals surface area contributed by atoms with Crippen LogP contribution in [0.2, 0.25) is 0 Å². The normalized spacial score (nSPS) is 10.5. The smallest absolute Gasteiger partial charge is 0.0188 e. The Balaban J connectivity index is 1.97. The molecular formula is H6N2P2. The average Bonchev–Trinajstić information content (AvgIpc) is 1.37. The molecule has 0 aliphatic heterocycles. The molecule has 2 atom stereocenters. The lowest BCUT2D eigenvalue weighted by Crippen LogP contribution is -1.80. The summed E-state index contributed by atoms with van der Waals surface area (Å²) in [7, 11) is 2.65. The number of hydrogen-bond donors (Lipinski definition) is 2. The minimum absolute atomic E-state index is 0.353. The van der Waals surface area contributed by atoms with Crippen LogP contribution < -0.4 is 10.4 Å². The van der Waals surface area contributed by atoms with Crippen LogP contribution in [0.15, 0.2) is 0 Å². The molecule has 4 heavy (non-hydrogen) atoms. The fraction of sp³-hybridized carbons (Fsp3) is 0. The van der Waals surface area contributed by atoms with Gasteiger partial charge in [-0.3, -0.25) is 10.4 Å². The van der Waals surface area contributed by atoms with Gasteiger partial charge in [0.25, 0.3) is 0 Å². The van der Waals surface area contributed by atoms with Crippen molar-refractivity contribution in [3.8, 4) is 0 Å². The summed E-state index contributed by atoms with van der Waals surface area (Å²) in [5.41, 5.74) is 4.92. The van der Waals surface area contributed by atoms with Crippen LogP contribution in [0.1, 0.15) is 0 Å². The van der Waals surface area contributed by atoms with Crippen LogP contribution in [0.3, 0.4) is 0 Å². The van der Waals surface area contributed by atoms with Crippen molar-refractivity contribution in [1.29, 1.82) is 0 Å². The molecule has 2 nitrogen and oxygen atoms in total. The Kier molecular flexibility index (Phi) is 4.52. The number of nitrogens with one attached hydrogen (secondary N) is 1. The molecule has 0 aromatic rings. The van der Waals surface area contributed by atoms with Gasteiger partial charge in [-0.25, -0.2) is 0 Å². The fourth-order valence-corrected chi connectivity index (χ4v) is 0. The van der Waals surface area contributed by atoms with E-state index in [4.69, 9.17) is 5.50 Å². The third-order valence-electron chi connectivity index (χ3n) is 0.0833. The molecule has 0 aromatic heterocycles. The second-order valence-electron chi connectivity index (χ2n) is 0.289. The van der Waals surface area contributed by atoms with Crippen LogP contribution in [-0.4, -0.2) is 0 Å². The molecule has 0 bridgehead atoms. The topological polar surface area (TPSA) is 38.0 Å². The Hall–Kier alpha value is 0.780. The van der Waals surface area contributed by atoms with E-state index in [1.165, 1.54) is 0 Å². The first kappa shape index (κ1) is 4.78. The second kappa shape index (κ2) is 3.78. The van der Waals surface area contributed by atoms with Crippen LogP contribution in [0.4, 0.5) is 0 Å². The van der Waals surface area contributed by atoms with Crippen LogP contribution in [0.5, 0.6) is 0 Å². The maximum absolute atomic E-state index is 4.92. The van der Waals surface area contributed by atoms with E-state index in [2.05, 4.69) is 14.2 Å². The van der Waals surface area contributed by atoms with Crippen molar-refractivity contribution >= 4 is 18.3 Å². The molecule has 0 aliphatic carbocycles. The van der Waals surface area contributed by atoms with Crippen molar-refractivity contribution in [3.63, 3.8) is 0 Å². The van der Waals surface area contributed by atoms with Gasteiger partial charge in [0, 0.05) is 8.88 Å². The molecule has 0 fully saturated rings. The first-order valence-electron chi connectivity index (χ1n) is 0.827. The Morgan fingerprint density at radius 3 is 2.25 bits per heavy atom. The molecule has 0 saturated carbocycles. The largest absolute Gasteiger partial charge is 0.300 e. The molecule has 26 valence electrons. The summed E-state index contributed by atoms with van der Waals surface area (Å²) in [5, 5.41) is 0. The van der Waals surface area contributed by atoms with Gasteiger partial charge in [-0.05, 0) is 0 Å². The average molecular weight is 96.0 g/mol. The minimum atomic E-state index is 0.353. The van der Waals surface area contributed by atoms with Gasteiger partial charge in [-0.15, -0.1) is 0 Å². The van der Waals surface area contributed by atoms with Crippen molar-refractivity contribution in [2.24, 2.45) is 5.50 Å². The molecule has 3 N–H and O–H groups in total. The molecule has 0 aromatic carbocycles. The fourth-order valence-electron chi connectivity index (χ4n) is 0. The highest BCUT2D eigenvalue weighted by Gasteiger charge is 1.48. The molecular weight excluding hydrogens is 90.0 g/mol. The molecule has 2 unspecified atom stereocenters. The van der Waals surface area contributed by atoms with Crippen molar-refractivity contribution in [2.45, 2.75) is 0 Å². The highest BCUT2D eigenvalue weighted by molar-refractivity contribution is 7.42. The zero-order chi connectivity index (χ0) is 3.41. The van der Waals surface area contributed by atoms with E-state index >= 15 is 0 Å². The van der Waals surface area contributed by atoms with Gasteiger partial charge < -0.3 is 0 Å². The number of rotatable bonds is 1. The Labute approximate surface area is 29.7 Å². The van der Waals surface area contributed by atoms with E-state index in [1.54, 1.807) is 0 Å². The van der Waals surface area contributed by atoms with Gasteiger partial charge in [-0.1, -0.05) is 9.39 Å². The summed E-state index contributed by atoms with van der Waals surface area (Å²) in [6.45, 7) is 0. The third-order valence-corrected chi connectivity index (χ3v) is 0.750. The first-order chi connectivity index (χ1) is 1.91. The number of hydrogen-bond acceptors (Lipinski definition) is 2. The molecule has 0 spiro atoms. The zero-order valence-electron chi connectivity index (χ0n) is 2.15. The minimum Gasteiger partial charge on any atom is -0.300 e. The van der Waals surface area contributed by atoms with Crippen LogP contribution in [0, 0.1) is 0 Å². The summed E-state index contributed by atoms with van der Waals surface area (Å²) < 4.78 is 0. The van der Waals surface area contributed by atoms with Gasteiger partial charge in [-0.2, -0.15) is 0 Å². The third kappa shape index (κ3) is 2.78. The summed E-state index contributed by atoms with van der Waals surface area (Å²) in [6, 6.07) is 0. The van der Waals surface area contributed by atoms with Gasteiger partial charge >= 0.3 is 0 Å². The maximum atomic E-state index is 4.92. The summed E-state index contributed by atoms with van der Waals surface area (Å²) in [4.78, 5) is 2.65. The first-order valence-corrected chi connectivity index (χ1v) is 2.48. The Bertz CT molecular complexity index is 6.00. The van der Waals surface area contributed by atoms with E-state index in [1.807, 2.05) is 0 Å². The monoisotopic (exact) mass is 96.0 g/mol. The Morgan fingerprint density at radius 2 is 2.25 bits per heavy atom. The van der Waals surface area contributed by atoms with Crippen molar-refractivity contribution in [3.05, 3.63) is 0 Å². The second-order valence-corrected chi connectivity index (χ2v) is 1.73. The highest BCUT2D eigenvalue weighted by atomic mass is 31.1. The van der Waals surface area contributed by atoms with E-state index < -0.39 is 0 Å². The van der Waals surface area contributed by atoms with Crippen LogP contribution in [0.25, 0.3) is 0 Å². The zero-order valence-corrected chi connectivity index (χ0v) is 4.31. The molecule has 0 radical (unpaired) electrons. The molecule has 0 amide bonds. The van der Waals surface area contributed by atoms with Crippen molar-refractivity contribution in [1.82, 2.24) is 4.86 Å². The van der Waals surface area contributed by atoms with Crippen molar-refractivity contribution < 1.29 is 0 Å². The standard InChI is InChI=1S/H6N2P2/c1-4-2-3/h2,4H,1,3H2. The van der Waals surface area contributed by atoms with Crippen LogP contribution >= 0.6 is 18.3 Å². The molecule has 0 saturated heterocycles. The van der Waals surface area contributed by atoms with E-state index in [9.17, 15) is 0 Å². The summed E-state index contributed by atoms with van der Waals surface area (Å²) in [5.74, 6) is 0. The molecule has 0 heterocycles. The SMILES string of the molecule is NPNP. The number of nitrogens with two attached hydrogens (primary N) is 1. The predicted molar refractivity (Wildman–Crippen MR) is 25.3 cm³/mol. The van der Waals surface area contributed by atoms with Gasteiger partial charge in [0.15, 0.2) is 0 Å². The van der Waals surface area contributed by atoms with E-state index in [0.29, 0.717) is 8.88 Å². The summed E-state index contributed by atoms with van der Waals surface area (Å²) >= 11 is 0. The lowest BCUT2D eigenvalue weighted by atomic mass is 13.9. The quantitative estimate of drug-likeness (QED) is 0.445. The van der Waals surface area contributed by atoms with Crippen LogP contribution in [-0.2, 0) is 0 Å². The lowest BCUT2D eigenvalue weighted by molar-refractivity contribution is 1.69.